The van der Waals surface area contributed by atoms with Gasteiger partial charge >= 0.3 is 0 Å². The van der Waals surface area contributed by atoms with Gasteiger partial charge in [-0.15, -0.1) is 0 Å². The second-order valence-electron chi connectivity index (χ2n) is 21.6. The summed E-state index contributed by atoms with van der Waals surface area (Å²) in [6.07, 6.45) is 36.6. The second-order valence-corrected chi connectivity index (χ2v) is 23.3. The number of unbranched alkanes of at least 4 members (excludes halogenated alkanes) is 20. The molecule has 8 aromatic rings. The highest BCUT2D eigenvalue weighted by molar-refractivity contribution is 9.11. The summed E-state index contributed by atoms with van der Waals surface area (Å²) in [5.74, 6) is 0. The lowest BCUT2D eigenvalue weighted by Crippen LogP contribution is -2.00. The lowest BCUT2D eigenvalue weighted by molar-refractivity contribution is 0.607. The van der Waals surface area contributed by atoms with E-state index in [0.29, 0.717) is 0 Å². The van der Waals surface area contributed by atoms with Gasteiger partial charge in [0.1, 0.15) is 0 Å². The molecule has 2 heteroatoms. The Balaban J connectivity index is 0.000000217. The molecule has 0 saturated carbocycles. The Morgan fingerprint density at radius 1 is 0.243 bits per heavy atom. The number of hydrogen-bond acceptors (Lipinski definition) is 0. The Labute approximate surface area is 466 Å². The van der Waals surface area contributed by atoms with Crippen molar-refractivity contribution in [1.82, 2.24) is 0 Å². The van der Waals surface area contributed by atoms with Crippen molar-refractivity contribution in [2.24, 2.45) is 0 Å². The molecule has 8 aromatic carbocycles. The van der Waals surface area contributed by atoms with E-state index in [0.717, 1.165) is 12.8 Å². The summed E-state index contributed by atoms with van der Waals surface area (Å²) in [5.41, 5.74) is 12.0. The molecule has 0 radical (unpaired) electrons. The molecule has 0 saturated heterocycles. The average molecular weight is 1120 g/mol. The van der Waals surface area contributed by atoms with Gasteiger partial charge in [-0.1, -0.05) is 309 Å². The van der Waals surface area contributed by atoms with Crippen molar-refractivity contribution in [3.05, 3.63) is 165 Å². The first-order chi connectivity index (χ1) is 36.5. The lowest BCUT2D eigenvalue weighted by atomic mass is 9.84. The molecule has 0 atom stereocenters. The van der Waals surface area contributed by atoms with Crippen LogP contribution in [0.3, 0.4) is 0 Å². The Hall–Kier alpha value is -4.24. The normalized spacial score (nSPS) is 11.5. The summed E-state index contributed by atoms with van der Waals surface area (Å²) in [6.45, 7) is 9.19. The highest BCUT2D eigenvalue weighted by Crippen LogP contribution is 2.45. The number of benzene rings is 8. The Kier molecular flexibility index (Phi) is 24.6. The fraction of sp³-hybridized carbons (Fsp3) is 0.444. The first-order valence-electron chi connectivity index (χ1n) is 29.9. The third-order valence-electron chi connectivity index (χ3n) is 15.9. The van der Waals surface area contributed by atoms with Gasteiger partial charge < -0.3 is 0 Å². The van der Waals surface area contributed by atoms with Gasteiger partial charge in [-0.3, -0.25) is 0 Å². The minimum atomic E-state index is 1.13. The maximum atomic E-state index is 3.94. The molecule has 392 valence electrons. The fourth-order valence-corrected chi connectivity index (χ4v) is 13.0. The van der Waals surface area contributed by atoms with Gasteiger partial charge in [0.15, 0.2) is 0 Å². The molecule has 0 unspecified atom stereocenters. The van der Waals surface area contributed by atoms with Crippen molar-refractivity contribution < 1.29 is 0 Å². The highest BCUT2D eigenvalue weighted by Gasteiger charge is 2.21. The summed E-state index contributed by atoms with van der Waals surface area (Å²) in [5, 5.41) is 10.9. The quantitative estimate of drug-likeness (QED) is 0.0394. The van der Waals surface area contributed by atoms with Crippen LogP contribution in [0.15, 0.2) is 142 Å². The standard InChI is InChI=1S/C36H44Br2.C36H46/c1-3-5-7-9-11-13-19-27-25-33(37)29-21-15-17-23-31(29)35(27)36-28(20-14-12-10-8-6-4-2)26-34(38)30-22-16-18-24-32(30)36;1-3-5-7-9-11-13-21-31-27-25-29-19-15-17-23-33(29)35(31)36-32(22-14-12-10-8-6-4-2)28-26-30-20-16-18-24-34(30)36/h15-18,21-26H,3-14,19-20H2,1-2H3;15-20,23-28H,3-14,21-22H2,1-2H3. The van der Waals surface area contributed by atoms with E-state index in [9.17, 15) is 0 Å². The van der Waals surface area contributed by atoms with Gasteiger partial charge in [-0.25, -0.2) is 0 Å². The largest absolute Gasteiger partial charge is 0.0654 e. The van der Waals surface area contributed by atoms with Crippen LogP contribution in [0.1, 0.15) is 204 Å². The third kappa shape index (κ3) is 15.9. The predicted molar refractivity (Wildman–Crippen MR) is 338 cm³/mol. The van der Waals surface area contributed by atoms with Crippen molar-refractivity contribution in [2.75, 3.05) is 0 Å². The molecule has 0 amide bonds. The van der Waals surface area contributed by atoms with E-state index in [4.69, 9.17) is 0 Å². The van der Waals surface area contributed by atoms with Crippen LogP contribution in [0.4, 0.5) is 0 Å². The maximum Gasteiger partial charge on any atom is 0.0256 e. The zero-order valence-corrected chi connectivity index (χ0v) is 49.4. The number of fused-ring (bicyclic) bond motifs is 4. The molecule has 0 bridgehead atoms. The van der Waals surface area contributed by atoms with Crippen molar-refractivity contribution >= 4 is 74.9 Å². The zero-order chi connectivity index (χ0) is 51.7. The first-order valence-corrected chi connectivity index (χ1v) is 31.5. The van der Waals surface area contributed by atoms with E-state index < -0.39 is 0 Å². The third-order valence-corrected chi connectivity index (χ3v) is 17.2. The van der Waals surface area contributed by atoms with Crippen LogP contribution >= 0.6 is 31.9 Å². The molecule has 0 aliphatic carbocycles. The number of aryl methyl sites for hydroxylation is 4. The van der Waals surface area contributed by atoms with Gasteiger partial charge in [0.2, 0.25) is 0 Å². The van der Waals surface area contributed by atoms with E-state index in [2.05, 4.69) is 193 Å². The molecule has 0 fully saturated rings. The van der Waals surface area contributed by atoms with E-state index in [1.165, 1.54) is 263 Å². The smallest absolute Gasteiger partial charge is 0.0256 e. The lowest BCUT2D eigenvalue weighted by Gasteiger charge is -2.21. The highest BCUT2D eigenvalue weighted by atomic mass is 79.9. The monoisotopic (exact) mass is 1110 g/mol. The van der Waals surface area contributed by atoms with Crippen molar-refractivity contribution in [3.63, 3.8) is 0 Å². The average Bonchev–Trinajstić information content (AvgIpc) is 3.43. The summed E-state index contributed by atoms with van der Waals surface area (Å²) in [4.78, 5) is 0. The van der Waals surface area contributed by atoms with Crippen molar-refractivity contribution in [3.8, 4) is 22.3 Å². The van der Waals surface area contributed by atoms with Gasteiger partial charge in [-0.2, -0.15) is 0 Å². The molecule has 0 aliphatic heterocycles. The molecule has 0 nitrogen and oxygen atoms in total. The Morgan fingerprint density at radius 2 is 0.500 bits per heavy atom. The molecule has 0 spiro atoms. The maximum absolute atomic E-state index is 3.94. The molecule has 0 N–H and O–H groups in total. The Morgan fingerprint density at radius 3 is 0.838 bits per heavy atom. The minimum Gasteiger partial charge on any atom is -0.0654 e. The van der Waals surface area contributed by atoms with Crippen LogP contribution in [0.2, 0.25) is 0 Å². The summed E-state index contributed by atoms with van der Waals surface area (Å²) in [6, 6.07) is 50.5. The van der Waals surface area contributed by atoms with E-state index in [-0.39, 0.29) is 0 Å². The molecule has 0 heterocycles. The summed E-state index contributed by atoms with van der Waals surface area (Å²) >= 11 is 7.88. The Bertz CT molecular complexity index is 2740. The molecule has 0 aromatic heterocycles. The van der Waals surface area contributed by atoms with Crippen LogP contribution in [-0.2, 0) is 25.7 Å². The second kappa shape index (κ2) is 31.7. The zero-order valence-electron chi connectivity index (χ0n) is 46.3. The van der Waals surface area contributed by atoms with Crippen molar-refractivity contribution in [2.45, 2.75) is 207 Å². The SMILES string of the molecule is CCCCCCCCc1cc(Br)c2ccccc2c1-c1c(CCCCCCCC)cc(Br)c2ccccc12.CCCCCCCCc1ccc2ccccc2c1-c1c(CCCCCCCC)ccc2ccccc12. The predicted octanol–water partition coefficient (Wildman–Crippen LogP) is 24.5. The van der Waals surface area contributed by atoms with Gasteiger partial charge in [0, 0.05) is 8.95 Å². The van der Waals surface area contributed by atoms with E-state index in [1.54, 1.807) is 0 Å². The van der Waals surface area contributed by atoms with Gasteiger partial charge in [0.05, 0.1) is 0 Å². The van der Waals surface area contributed by atoms with Crippen LogP contribution in [0, 0.1) is 0 Å². The van der Waals surface area contributed by atoms with Gasteiger partial charge in [-0.05, 0) is 151 Å². The number of hydrogen-bond donors (Lipinski definition) is 0. The summed E-state index contributed by atoms with van der Waals surface area (Å²) in [7, 11) is 0. The van der Waals surface area contributed by atoms with Crippen molar-refractivity contribution in [1.29, 1.82) is 0 Å². The van der Waals surface area contributed by atoms with Crippen LogP contribution in [0.25, 0.3) is 65.3 Å². The van der Waals surface area contributed by atoms with Crippen LogP contribution < -0.4 is 0 Å². The fourth-order valence-electron chi connectivity index (χ4n) is 11.8. The molecule has 74 heavy (non-hydrogen) atoms. The summed E-state index contributed by atoms with van der Waals surface area (Å²) < 4.78 is 2.44. The number of rotatable bonds is 30. The van der Waals surface area contributed by atoms with Gasteiger partial charge in [0.25, 0.3) is 0 Å². The molecule has 0 aliphatic rings. The molecular formula is C72H90Br2. The van der Waals surface area contributed by atoms with E-state index in [1.807, 2.05) is 0 Å². The minimum absolute atomic E-state index is 1.13. The van der Waals surface area contributed by atoms with Crippen LogP contribution in [-0.4, -0.2) is 0 Å². The number of halogens is 2. The van der Waals surface area contributed by atoms with E-state index >= 15 is 0 Å². The molecular weight excluding hydrogens is 1020 g/mol. The molecule has 8 rings (SSSR count). The van der Waals surface area contributed by atoms with Crippen LogP contribution in [0.5, 0.6) is 0 Å². The first kappa shape index (κ1) is 57.5. The topological polar surface area (TPSA) is 0 Å².